The number of amides is 1. The van der Waals surface area contributed by atoms with E-state index in [1.807, 2.05) is 6.20 Å². The molecule has 0 unspecified atom stereocenters. The molecule has 0 spiro atoms. The first kappa shape index (κ1) is 18.7. The molecule has 2 aliphatic heterocycles. The molecule has 3 aliphatic rings. The number of aromatic nitrogens is 2. The van der Waals surface area contributed by atoms with E-state index < -0.39 is 0 Å². The normalized spacial score (nSPS) is 26.5. The third-order valence-electron chi connectivity index (χ3n) is 6.69. The Morgan fingerprint density at radius 3 is 2.52 bits per heavy atom. The Morgan fingerprint density at radius 1 is 1.00 bits per heavy atom. The Balaban J connectivity index is 1.44. The minimum absolute atomic E-state index is 0.205. The minimum Gasteiger partial charge on any atom is -0.353 e. The van der Waals surface area contributed by atoms with Crippen LogP contribution in [0.1, 0.15) is 64.2 Å². The maximum absolute atomic E-state index is 13.5. The Hall–Kier alpha value is -1.69. The molecule has 1 aliphatic carbocycles. The van der Waals surface area contributed by atoms with E-state index in [2.05, 4.69) is 25.1 Å². The van der Waals surface area contributed by atoms with Crippen molar-refractivity contribution in [1.29, 1.82) is 0 Å². The lowest BCUT2D eigenvalue weighted by atomic mass is 9.78. The molecular weight excluding hydrogens is 338 g/mol. The first-order valence-corrected chi connectivity index (χ1v) is 10.8. The molecule has 148 valence electrons. The molecule has 0 aromatic carbocycles. The second kappa shape index (κ2) is 8.55. The predicted molar refractivity (Wildman–Crippen MR) is 107 cm³/mol. The number of carbonyl (C=O) groups excluding carboxylic acids is 1. The van der Waals surface area contributed by atoms with Gasteiger partial charge in [-0.15, -0.1) is 0 Å². The number of piperidine rings is 2. The van der Waals surface area contributed by atoms with Crippen LogP contribution in [0.3, 0.4) is 0 Å². The number of carbonyl (C=O) groups is 1. The Morgan fingerprint density at radius 2 is 1.78 bits per heavy atom. The van der Waals surface area contributed by atoms with Crippen LogP contribution in [0.4, 0.5) is 5.82 Å². The molecule has 3 heterocycles. The van der Waals surface area contributed by atoms with Crippen LogP contribution in [-0.2, 0) is 4.79 Å². The van der Waals surface area contributed by atoms with Crippen molar-refractivity contribution in [3.05, 3.63) is 18.6 Å². The highest BCUT2D eigenvalue weighted by Crippen LogP contribution is 2.36. The zero-order valence-electron chi connectivity index (χ0n) is 16.4. The number of hydrogen-bond donors (Lipinski definition) is 1. The summed E-state index contributed by atoms with van der Waals surface area (Å²) < 4.78 is 0. The largest absolute Gasteiger partial charge is 0.353 e. The quantitative estimate of drug-likeness (QED) is 0.882. The second-order valence-corrected chi connectivity index (χ2v) is 8.46. The Bertz CT molecular complexity index is 610. The molecule has 3 fully saturated rings. The van der Waals surface area contributed by atoms with Crippen molar-refractivity contribution in [2.24, 2.45) is 0 Å². The first-order chi connectivity index (χ1) is 13.3. The van der Waals surface area contributed by atoms with Gasteiger partial charge in [0.05, 0.1) is 6.20 Å². The van der Waals surface area contributed by atoms with E-state index in [0.29, 0.717) is 0 Å². The van der Waals surface area contributed by atoms with Gasteiger partial charge < -0.3 is 10.2 Å². The van der Waals surface area contributed by atoms with Gasteiger partial charge in [-0.25, -0.2) is 4.98 Å². The predicted octanol–water partition coefficient (Wildman–Crippen LogP) is 2.75. The highest BCUT2D eigenvalue weighted by atomic mass is 16.2. The van der Waals surface area contributed by atoms with Crippen LogP contribution in [-0.4, -0.2) is 58.5 Å². The molecule has 1 aromatic rings. The van der Waals surface area contributed by atoms with Crippen LogP contribution in [0.5, 0.6) is 0 Å². The van der Waals surface area contributed by atoms with E-state index in [0.717, 1.165) is 57.7 Å². The Labute approximate surface area is 162 Å². The molecule has 1 amide bonds. The van der Waals surface area contributed by atoms with Gasteiger partial charge in [0.25, 0.3) is 0 Å². The summed E-state index contributed by atoms with van der Waals surface area (Å²) in [6.45, 7) is 4.00. The van der Waals surface area contributed by atoms with Crippen LogP contribution in [0.25, 0.3) is 0 Å². The molecule has 1 N–H and O–H groups in total. The van der Waals surface area contributed by atoms with Crippen molar-refractivity contribution in [3.8, 4) is 0 Å². The number of rotatable bonds is 4. The summed E-state index contributed by atoms with van der Waals surface area (Å²) in [7, 11) is 0. The summed E-state index contributed by atoms with van der Waals surface area (Å²) in [5.74, 6) is 1.20. The molecule has 1 aromatic heterocycles. The topological polar surface area (TPSA) is 61.4 Å². The van der Waals surface area contributed by atoms with E-state index >= 15 is 0 Å². The van der Waals surface area contributed by atoms with Crippen LogP contribution < -0.4 is 10.2 Å². The highest BCUT2D eigenvalue weighted by molar-refractivity contribution is 5.86. The van der Waals surface area contributed by atoms with Crippen LogP contribution in [0, 0.1) is 0 Å². The fourth-order valence-corrected chi connectivity index (χ4v) is 5.22. The summed E-state index contributed by atoms with van der Waals surface area (Å²) in [6, 6.07) is 0.205. The van der Waals surface area contributed by atoms with E-state index in [4.69, 9.17) is 0 Å². The lowest BCUT2D eigenvalue weighted by Crippen LogP contribution is -2.63. The number of nitrogens with one attached hydrogen (secondary N) is 1. The van der Waals surface area contributed by atoms with Gasteiger partial charge in [-0.1, -0.05) is 25.7 Å². The monoisotopic (exact) mass is 371 g/mol. The number of anilines is 1. The molecular formula is C21H33N5O. The molecule has 6 heteroatoms. The maximum Gasteiger partial charge on any atom is 0.240 e. The van der Waals surface area contributed by atoms with Gasteiger partial charge in [0, 0.05) is 31.5 Å². The molecule has 27 heavy (non-hydrogen) atoms. The van der Waals surface area contributed by atoms with Crippen molar-refractivity contribution < 1.29 is 4.79 Å². The van der Waals surface area contributed by atoms with Crippen molar-refractivity contribution in [3.63, 3.8) is 0 Å². The number of nitrogens with zero attached hydrogens (tertiary/aromatic N) is 4. The molecule has 1 atom stereocenters. The van der Waals surface area contributed by atoms with Crippen molar-refractivity contribution in [1.82, 2.24) is 20.2 Å². The van der Waals surface area contributed by atoms with Crippen molar-refractivity contribution in [2.75, 3.05) is 31.1 Å². The van der Waals surface area contributed by atoms with Crippen molar-refractivity contribution in [2.45, 2.75) is 75.8 Å². The zero-order chi connectivity index (χ0) is 18.5. The lowest BCUT2D eigenvalue weighted by molar-refractivity contribution is -0.138. The van der Waals surface area contributed by atoms with Crippen LogP contribution in [0.2, 0.25) is 0 Å². The molecule has 6 nitrogen and oxygen atoms in total. The molecule has 1 saturated carbocycles. The van der Waals surface area contributed by atoms with E-state index in [9.17, 15) is 4.79 Å². The van der Waals surface area contributed by atoms with E-state index in [1.54, 1.807) is 12.4 Å². The summed E-state index contributed by atoms with van der Waals surface area (Å²) in [4.78, 5) is 26.9. The molecule has 2 saturated heterocycles. The smallest absolute Gasteiger partial charge is 0.240 e. The van der Waals surface area contributed by atoms with E-state index in [1.165, 1.54) is 38.5 Å². The summed E-state index contributed by atoms with van der Waals surface area (Å²) in [6.07, 6.45) is 16.9. The van der Waals surface area contributed by atoms with Crippen LogP contribution in [0.15, 0.2) is 18.6 Å². The molecule has 4 rings (SSSR count). The maximum atomic E-state index is 13.5. The fraction of sp³-hybridized carbons (Fsp3) is 0.762. The van der Waals surface area contributed by atoms with Gasteiger partial charge in [-0.05, 0) is 51.6 Å². The van der Waals surface area contributed by atoms with Gasteiger partial charge in [-0.3, -0.25) is 14.7 Å². The number of likely N-dealkylation sites (tertiary alicyclic amines) is 1. The average Bonchev–Trinajstić information content (AvgIpc) is 2.75. The van der Waals surface area contributed by atoms with Gasteiger partial charge in [-0.2, -0.15) is 0 Å². The van der Waals surface area contributed by atoms with E-state index in [-0.39, 0.29) is 17.5 Å². The molecule has 0 radical (unpaired) electrons. The Kier molecular flexibility index (Phi) is 5.91. The third kappa shape index (κ3) is 4.10. The zero-order valence-corrected chi connectivity index (χ0v) is 16.4. The second-order valence-electron chi connectivity index (χ2n) is 8.46. The summed E-state index contributed by atoms with van der Waals surface area (Å²) in [5.41, 5.74) is -0.256. The summed E-state index contributed by atoms with van der Waals surface area (Å²) in [5, 5.41) is 3.46. The summed E-state index contributed by atoms with van der Waals surface area (Å²) >= 11 is 0. The van der Waals surface area contributed by atoms with Crippen molar-refractivity contribution >= 4 is 11.7 Å². The molecule has 0 bridgehead atoms. The lowest BCUT2D eigenvalue weighted by Gasteiger charge is -2.47. The third-order valence-corrected chi connectivity index (χ3v) is 6.69. The minimum atomic E-state index is -0.256. The van der Waals surface area contributed by atoms with Gasteiger partial charge >= 0.3 is 0 Å². The average molecular weight is 372 g/mol. The standard InChI is InChI=1S/C21H33N5O/c27-20(21(9-3-1-4-10-21)26-14-5-2-6-15-26)24-18-8-7-13-25(17-18)19-16-22-11-12-23-19/h11-12,16,18H,1-10,13-15,17H2,(H,24,27)/t18-/m1/s1. The van der Waals surface area contributed by atoms with Gasteiger partial charge in [0.15, 0.2) is 0 Å². The van der Waals surface area contributed by atoms with Gasteiger partial charge in [0.1, 0.15) is 11.4 Å². The first-order valence-electron chi connectivity index (χ1n) is 10.8. The highest BCUT2D eigenvalue weighted by Gasteiger charge is 2.45. The fourth-order valence-electron chi connectivity index (χ4n) is 5.22. The number of hydrogen-bond acceptors (Lipinski definition) is 5. The van der Waals surface area contributed by atoms with Crippen LogP contribution >= 0.6 is 0 Å². The van der Waals surface area contributed by atoms with Gasteiger partial charge in [0.2, 0.25) is 5.91 Å². The SMILES string of the molecule is O=C(N[C@@H]1CCCN(c2cnccn2)C1)C1(N2CCCCC2)CCCCC1.